The molecule has 0 saturated heterocycles. The van der Waals surface area contributed by atoms with Gasteiger partial charge in [0.25, 0.3) is 0 Å². The summed E-state index contributed by atoms with van der Waals surface area (Å²) in [5.41, 5.74) is 8.04. The minimum absolute atomic E-state index is 0.112. The lowest BCUT2D eigenvalue weighted by Gasteiger charge is -2.15. The zero-order valence-electron chi connectivity index (χ0n) is 11.9. The number of primary amides is 1. The standard InChI is InChI=1S/C16H16N4O2/c17-16(21)20(22)9-8-19-14-6-2-1-4-12(14)10-15(19)13-5-3-7-18-11-13/h1-7,10-11,22H,8-9H2,(H2,17,21). The molecule has 0 aliphatic rings. The molecule has 6 nitrogen and oxygen atoms in total. The first-order chi connectivity index (χ1) is 10.7. The van der Waals surface area contributed by atoms with Crippen LogP contribution in [0.15, 0.2) is 54.9 Å². The second-order valence-electron chi connectivity index (χ2n) is 4.94. The Kier molecular flexibility index (Phi) is 3.76. The molecule has 0 spiro atoms. The first kappa shape index (κ1) is 14.1. The fourth-order valence-corrected chi connectivity index (χ4v) is 2.51. The number of hydrogen-bond donors (Lipinski definition) is 2. The number of nitrogens with zero attached hydrogens (tertiary/aromatic N) is 3. The van der Waals surface area contributed by atoms with Crippen molar-refractivity contribution in [3.63, 3.8) is 0 Å². The van der Waals surface area contributed by atoms with E-state index < -0.39 is 6.03 Å². The van der Waals surface area contributed by atoms with Crippen LogP contribution >= 0.6 is 0 Å². The van der Waals surface area contributed by atoms with E-state index in [1.54, 1.807) is 12.4 Å². The minimum atomic E-state index is -0.862. The highest BCUT2D eigenvalue weighted by molar-refractivity contribution is 5.86. The van der Waals surface area contributed by atoms with Gasteiger partial charge < -0.3 is 10.3 Å². The zero-order chi connectivity index (χ0) is 15.5. The van der Waals surface area contributed by atoms with Crippen LogP contribution < -0.4 is 5.73 Å². The summed E-state index contributed by atoms with van der Waals surface area (Å²) in [4.78, 5) is 15.1. The smallest absolute Gasteiger partial charge is 0.338 e. The Bertz CT molecular complexity index is 798. The average molecular weight is 296 g/mol. The van der Waals surface area contributed by atoms with Crippen LogP contribution in [0, 0.1) is 0 Å². The number of fused-ring (bicyclic) bond motifs is 1. The van der Waals surface area contributed by atoms with Crippen molar-refractivity contribution in [2.75, 3.05) is 6.54 Å². The maximum Gasteiger partial charge on any atom is 0.338 e. The van der Waals surface area contributed by atoms with Gasteiger partial charge in [0, 0.05) is 35.4 Å². The molecule has 0 aliphatic carbocycles. The van der Waals surface area contributed by atoms with E-state index in [0.29, 0.717) is 11.6 Å². The number of hydrogen-bond acceptors (Lipinski definition) is 3. The topological polar surface area (TPSA) is 84.4 Å². The van der Waals surface area contributed by atoms with E-state index in [-0.39, 0.29) is 6.54 Å². The number of benzene rings is 1. The number of urea groups is 1. The predicted molar refractivity (Wildman–Crippen MR) is 83.2 cm³/mol. The molecule has 3 aromatic rings. The Morgan fingerprint density at radius 3 is 2.82 bits per heavy atom. The summed E-state index contributed by atoms with van der Waals surface area (Å²) in [5, 5.41) is 11.1. The van der Waals surface area contributed by atoms with E-state index in [1.165, 1.54) is 0 Å². The van der Waals surface area contributed by atoms with Gasteiger partial charge in [0.1, 0.15) is 0 Å². The SMILES string of the molecule is NC(=O)N(O)CCn1c(-c2cccnc2)cc2ccccc21. The number of rotatable bonds is 4. The van der Waals surface area contributed by atoms with Crippen molar-refractivity contribution in [3.05, 3.63) is 54.9 Å². The molecule has 3 rings (SSSR count). The van der Waals surface area contributed by atoms with Gasteiger partial charge in [-0.1, -0.05) is 18.2 Å². The summed E-state index contributed by atoms with van der Waals surface area (Å²) < 4.78 is 2.04. The monoisotopic (exact) mass is 296 g/mol. The number of hydroxylamine groups is 2. The third kappa shape index (κ3) is 2.64. The molecule has 2 aromatic heterocycles. The first-order valence-corrected chi connectivity index (χ1v) is 6.91. The number of amides is 2. The Labute approximate surface area is 127 Å². The van der Waals surface area contributed by atoms with Crippen LogP contribution in [0.5, 0.6) is 0 Å². The number of nitrogens with two attached hydrogens (primary N) is 1. The molecule has 0 aliphatic heterocycles. The highest BCUT2D eigenvalue weighted by Gasteiger charge is 2.12. The summed E-state index contributed by atoms with van der Waals surface area (Å²) in [6, 6.07) is 13.0. The van der Waals surface area contributed by atoms with Crippen LogP contribution in [-0.2, 0) is 6.54 Å². The van der Waals surface area contributed by atoms with Crippen LogP contribution in [0.25, 0.3) is 22.2 Å². The molecule has 0 saturated carbocycles. The lowest BCUT2D eigenvalue weighted by atomic mass is 10.2. The van der Waals surface area contributed by atoms with E-state index in [9.17, 15) is 10.0 Å². The molecule has 22 heavy (non-hydrogen) atoms. The molecular formula is C16H16N4O2. The molecule has 0 atom stereocenters. The quantitative estimate of drug-likeness (QED) is 0.573. The van der Waals surface area contributed by atoms with E-state index in [0.717, 1.165) is 22.2 Å². The molecule has 2 amide bonds. The molecule has 1 aromatic carbocycles. The van der Waals surface area contributed by atoms with E-state index >= 15 is 0 Å². The highest BCUT2D eigenvalue weighted by Crippen LogP contribution is 2.27. The fourth-order valence-electron chi connectivity index (χ4n) is 2.51. The Balaban J connectivity index is 2.04. The summed E-state index contributed by atoms with van der Waals surface area (Å²) >= 11 is 0. The first-order valence-electron chi connectivity index (χ1n) is 6.91. The predicted octanol–water partition coefficient (Wildman–Crippen LogP) is 2.47. The van der Waals surface area contributed by atoms with Crippen molar-refractivity contribution in [2.45, 2.75) is 6.54 Å². The summed E-state index contributed by atoms with van der Waals surface area (Å²) in [5.74, 6) is 0. The van der Waals surface area contributed by atoms with Gasteiger partial charge in [-0.15, -0.1) is 0 Å². The van der Waals surface area contributed by atoms with Gasteiger partial charge >= 0.3 is 6.03 Å². The van der Waals surface area contributed by atoms with Crippen molar-refractivity contribution in [3.8, 4) is 11.3 Å². The van der Waals surface area contributed by atoms with Crippen LogP contribution in [-0.4, -0.2) is 32.4 Å². The van der Waals surface area contributed by atoms with Gasteiger partial charge in [-0.05, 0) is 24.3 Å². The normalized spacial score (nSPS) is 10.8. The number of aromatic nitrogens is 2. The minimum Gasteiger partial charge on any atom is -0.350 e. The number of carbonyl (C=O) groups excluding carboxylic acids is 1. The molecule has 0 fully saturated rings. The molecule has 3 N–H and O–H groups in total. The van der Waals surface area contributed by atoms with Gasteiger partial charge in [0.05, 0.1) is 12.2 Å². The van der Waals surface area contributed by atoms with E-state index in [4.69, 9.17) is 5.73 Å². The fraction of sp³-hybridized carbons (Fsp3) is 0.125. The number of pyridine rings is 1. The zero-order valence-corrected chi connectivity index (χ0v) is 11.9. The molecule has 0 bridgehead atoms. The molecule has 6 heteroatoms. The van der Waals surface area contributed by atoms with Crippen molar-refractivity contribution in [1.82, 2.24) is 14.6 Å². The lowest BCUT2D eigenvalue weighted by Crippen LogP contribution is -2.35. The number of para-hydroxylation sites is 1. The highest BCUT2D eigenvalue weighted by atomic mass is 16.5. The maximum atomic E-state index is 11.0. The molecule has 112 valence electrons. The maximum absolute atomic E-state index is 11.0. The van der Waals surface area contributed by atoms with Gasteiger partial charge in [0.15, 0.2) is 0 Å². The second-order valence-corrected chi connectivity index (χ2v) is 4.94. The van der Waals surface area contributed by atoms with Crippen LogP contribution in [0.3, 0.4) is 0 Å². The van der Waals surface area contributed by atoms with Crippen LogP contribution in [0.4, 0.5) is 4.79 Å². The summed E-state index contributed by atoms with van der Waals surface area (Å²) in [7, 11) is 0. The Morgan fingerprint density at radius 1 is 1.27 bits per heavy atom. The average Bonchev–Trinajstić information content (AvgIpc) is 2.92. The Hall–Kier alpha value is -2.86. The third-order valence-electron chi connectivity index (χ3n) is 3.56. The van der Waals surface area contributed by atoms with Gasteiger partial charge in [0.2, 0.25) is 0 Å². The number of carbonyl (C=O) groups is 1. The summed E-state index contributed by atoms with van der Waals surface area (Å²) in [6.45, 7) is 0.540. The lowest BCUT2D eigenvalue weighted by molar-refractivity contribution is -0.0412. The van der Waals surface area contributed by atoms with Gasteiger partial charge in [-0.3, -0.25) is 10.2 Å². The molecule has 0 unspecified atom stereocenters. The Morgan fingerprint density at radius 2 is 2.09 bits per heavy atom. The van der Waals surface area contributed by atoms with Crippen molar-refractivity contribution >= 4 is 16.9 Å². The van der Waals surface area contributed by atoms with Crippen molar-refractivity contribution in [1.29, 1.82) is 0 Å². The van der Waals surface area contributed by atoms with Gasteiger partial charge in [-0.25, -0.2) is 9.86 Å². The van der Waals surface area contributed by atoms with E-state index in [2.05, 4.69) is 11.1 Å². The van der Waals surface area contributed by atoms with Crippen molar-refractivity contribution in [2.24, 2.45) is 5.73 Å². The van der Waals surface area contributed by atoms with Crippen LogP contribution in [0.2, 0.25) is 0 Å². The van der Waals surface area contributed by atoms with Gasteiger partial charge in [-0.2, -0.15) is 0 Å². The van der Waals surface area contributed by atoms with E-state index in [1.807, 2.05) is 41.0 Å². The molecular weight excluding hydrogens is 280 g/mol. The third-order valence-corrected chi connectivity index (χ3v) is 3.56. The molecule has 0 radical (unpaired) electrons. The largest absolute Gasteiger partial charge is 0.350 e. The summed E-state index contributed by atoms with van der Waals surface area (Å²) in [6.07, 6.45) is 3.51. The van der Waals surface area contributed by atoms with Crippen LogP contribution in [0.1, 0.15) is 0 Å². The van der Waals surface area contributed by atoms with Crippen molar-refractivity contribution < 1.29 is 10.0 Å². The molecule has 2 heterocycles. The second kappa shape index (κ2) is 5.87.